The number of nitrogens with one attached hydrogen (secondary N) is 2. The van der Waals surface area contributed by atoms with Crippen molar-refractivity contribution in [2.75, 3.05) is 0 Å². The fraction of sp³-hybridized carbons (Fsp3) is 0.0667. The molecule has 0 unspecified atom stereocenters. The van der Waals surface area contributed by atoms with Crippen LogP contribution in [0.5, 0.6) is 0 Å². The molecular formula is C15H12ClFN2OS. The van der Waals surface area contributed by atoms with Crippen LogP contribution in [0.15, 0.2) is 48.5 Å². The highest BCUT2D eigenvalue weighted by atomic mass is 35.5. The topological polar surface area (TPSA) is 41.1 Å². The predicted molar refractivity (Wildman–Crippen MR) is 84.8 cm³/mol. The van der Waals surface area contributed by atoms with Crippen molar-refractivity contribution >= 4 is 34.8 Å². The van der Waals surface area contributed by atoms with Crippen molar-refractivity contribution in [1.82, 2.24) is 10.6 Å². The second kappa shape index (κ2) is 7.15. The normalized spacial score (nSPS) is 10.0. The van der Waals surface area contributed by atoms with Gasteiger partial charge in [0, 0.05) is 11.6 Å². The van der Waals surface area contributed by atoms with Gasteiger partial charge in [-0.1, -0.05) is 41.9 Å². The molecule has 0 aliphatic carbocycles. The summed E-state index contributed by atoms with van der Waals surface area (Å²) >= 11 is 11.0. The molecule has 0 aliphatic rings. The van der Waals surface area contributed by atoms with Crippen molar-refractivity contribution in [3.8, 4) is 0 Å². The molecule has 2 rings (SSSR count). The van der Waals surface area contributed by atoms with Crippen LogP contribution < -0.4 is 10.6 Å². The third-order valence-corrected chi connectivity index (χ3v) is 3.36. The number of carbonyl (C=O) groups is 1. The maximum absolute atomic E-state index is 13.5. The minimum absolute atomic E-state index is 0.0561. The maximum atomic E-state index is 13.5. The average Bonchev–Trinajstić information content (AvgIpc) is 2.46. The molecule has 0 saturated carbocycles. The summed E-state index contributed by atoms with van der Waals surface area (Å²) in [5.74, 6) is -1.19. The Hall–Kier alpha value is -1.98. The van der Waals surface area contributed by atoms with E-state index in [0.29, 0.717) is 11.6 Å². The standard InChI is InChI=1S/C15H12ClFN2OS/c16-12-7-3-1-5-10(12)9-18-15(21)19-14(20)11-6-2-4-8-13(11)17/h1-8H,9H2,(H2,18,19,20,21). The fourth-order valence-electron chi connectivity index (χ4n) is 1.68. The van der Waals surface area contributed by atoms with E-state index >= 15 is 0 Å². The number of hydrogen-bond donors (Lipinski definition) is 2. The quantitative estimate of drug-likeness (QED) is 0.852. The smallest absolute Gasteiger partial charge is 0.260 e. The second-order valence-electron chi connectivity index (χ2n) is 4.21. The Morgan fingerprint density at radius 1 is 1.14 bits per heavy atom. The average molecular weight is 323 g/mol. The predicted octanol–water partition coefficient (Wildman–Crippen LogP) is 3.28. The maximum Gasteiger partial charge on any atom is 0.260 e. The lowest BCUT2D eigenvalue weighted by atomic mass is 10.2. The van der Waals surface area contributed by atoms with E-state index in [0.717, 1.165) is 5.56 Å². The van der Waals surface area contributed by atoms with Crippen LogP contribution in [0.25, 0.3) is 0 Å². The third-order valence-electron chi connectivity index (χ3n) is 2.74. The molecule has 3 nitrogen and oxygen atoms in total. The number of thiocarbonyl (C=S) groups is 1. The first kappa shape index (κ1) is 15.4. The van der Waals surface area contributed by atoms with Crippen molar-refractivity contribution in [1.29, 1.82) is 0 Å². The second-order valence-corrected chi connectivity index (χ2v) is 5.02. The Labute approximate surface area is 132 Å². The number of halogens is 2. The minimum atomic E-state index is -0.594. The summed E-state index contributed by atoms with van der Waals surface area (Å²) in [6, 6.07) is 13.0. The van der Waals surface area contributed by atoms with Gasteiger partial charge in [-0.2, -0.15) is 0 Å². The van der Waals surface area contributed by atoms with Gasteiger partial charge in [-0.05, 0) is 36.0 Å². The van der Waals surface area contributed by atoms with E-state index in [9.17, 15) is 9.18 Å². The number of carbonyl (C=O) groups excluding carboxylic acids is 1. The summed E-state index contributed by atoms with van der Waals surface area (Å²) < 4.78 is 13.5. The first-order valence-electron chi connectivity index (χ1n) is 6.15. The van der Waals surface area contributed by atoms with Gasteiger partial charge in [0.15, 0.2) is 5.11 Å². The first-order chi connectivity index (χ1) is 10.1. The van der Waals surface area contributed by atoms with Gasteiger partial charge in [0.25, 0.3) is 5.91 Å². The lowest BCUT2D eigenvalue weighted by Crippen LogP contribution is -2.39. The molecule has 0 spiro atoms. The van der Waals surface area contributed by atoms with E-state index in [1.807, 2.05) is 18.2 Å². The lowest BCUT2D eigenvalue weighted by Gasteiger charge is -2.10. The zero-order valence-electron chi connectivity index (χ0n) is 10.9. The minimum Gasteiger partial charge on any atom is -0.358 e. The number of amides is 1. The summed E-state index contributed by atoms with van der Waals surface area (Å²) in [7, 11) is 0. The van der Waals surface area contributed by atoms with Gasteiger partial charge in [-0.25, -0.2) is 4.39 Å². The molecule has 108 valence electrons. The highest BCUT2D eigenvalue weighted by molar-refractivity contribution is 7.80. The Bertz CT molecular complexity index is 678. The van der Waals surface area contributed by atoms with Gasteiger partial charge >= 0.3 is 0 Å². The van der Waals surface area contributed by atoms with Gasteiger partial charge in [0.2, 0.25) is 0 Å². The molecule has 0 atom stereocenters. The Kier molecular flexibility index (Phi) is 5.25. The highest BCUT2D eigenvalue weighted by Gasteiger charge is 2.12. The number of hydrogen-bond acceptors (Lipinski definition) is 2. The molecule has 0 aliphatic heterocycles. The zero-order chi connectivity index (χ0) is 15.2. The molecule has 2 aromatic rings. The zero-order valence-corrected chi connectivity index (χ0v) is 12.5. The van der Waals surface area contributed by atoms with Crippen molar-refractivity contribution < 1.29 is 9.18 Å². The van der Waals surface area contributed by atoms with Crippen molar-refractivity contribution in [3.63, 3.8) is 0 Å². The van der Waals surface area contributed by atoms with Gasteiger partial charge in [-0.15, -0.1) is 0 Å². The Balaban J connectivity index is 1.92. The molecular weight excluding hydrogens is 311 g/mol. The van der Waals surface area contributed by atoms with Crippen molar-refractivity contribution in [2.45, 2.75) is 6.54 Å². The van der Waals surface area contributed by atoms with E-state index in [4.69, 9.17) is 23.8 Å². The Morgan fingerprint density at radius 2 is 1.81 bits per heavy atom. The van der Waals surface area contributed by atoms with Gasteiger partial charge in [-0.3, -0.25) is 10.1 Å². The molecule has 0 bridgehead atoms. The highest BCUT2D eigenvalue weighted by Crippen LogP contribution is 2.14. The summed E-state index contributed by atoms with van der Waals surface area (Å²) in [5, 5.41) is 6.00. The SMILES string of the molecule is O=C(NC(=S)NCc1ccccc1Cl)c1ccccc1F. The van der Waals surface area contributed by atoms with Crippen LogP contribution in [0.3, 0.4) is 0 Å². The molecule has 0 radical (unpaired) electrons. The Morgan fingerprint density at radius 3 is 2.52 bits per heavy atom. The first-order valence-corrected chi connectivity index (χ1v) is 6.93. The summed E-state index contributed by atoms with van der Waals surface area (Å²) in [6.07, 6.45) is 0. The number of rotatable bonds is 3. The van der Waals surface area contributed by atoms with Crippen molar-refractivity contribution in [3.05, 3.63) is 70.5 Å². The van der Waals surface area contributed by atoms with Gasteiger partial charge in [0.05, 0.1) is 5.56 Å². The largest absolute Gasteiger partial charge is 0.358 e. The fourth-order valence-corrected chi connectivity index (χ4v) is 2.04. The van der Waals surface area contributed by atoms with Crippen LogP contribution in [0.4, 0.5) is 4.39 Å². The summed E-state index contributed by atoms with van der Waals surface area (Å²) in [5.41, 5.74) is 0.793. The number of benzene rings is 2. The van der Waals surface area contributed by atoms with Crippen LogP contribution in [0, 0.1) is 5.82 Å². The molecule has 2 aromatic carbocycles. The van der Waals surface area contributed by atoms with E-state index in [-0.39, 0.29) is 10.7 Å². The molecule has 21 heavy (non-hydrogen) atoms. The van der Waals surface area contributed by atoms with Crippen LogP contribution in [0.2, 0.25) is 5.02 Å². The molecule has 0 saturated heterocycles. The molecule has 2 N–H and O–H groups in total. The summed E-state index contributed by atoms with van der Waals surface area (Å²) in [6.45, 7) is 0.371. The van der Waals surface area contributed by atoms with Crippen LogP contribution in [-0.2, 0) is 6.54 Å². The molecule has 1 amide bonds. The molecule has 0 heterocycles. The van der Waals surface area contributed by atoms with Crippen LogP contribution in [0.1, 0.15) is 15.9 Å². The van der Waals surface area contributed by atoms with Crippen LogP contribution >= 0.6 is 23.8 Å². The third kappa shape index (κ3) is 4.24. The molecule has 6 heteroatoms. The monoisotopic (exact) mass is 322 g/mol. The summed E-state index contributed by atoms with van der Waals surface area (Å²) in [4.78, 5) is 11.8. The van der Waals surface area contributed by atoms with Crippen molar-refractivity contribution in [2.24, 2.45) is 0 Å². The van der Waals surface area contributed by atoms with E-state index in [1.165, 1.54) is 18.2 Å². The van der Waals surface area contributed by atoms with E-state index in [2.05, 4.69) is 10.6 Å². The van der Waals surface area contributed by atoms with Gasteiger partial charge < -0.3 is 5.32 Å². The molecule has 0 aromatic heterocycles. The van der Waals surface area contributed by atoms with E-state index < -0.39 is 11.7 Å². The van der Waals surface area contributed by atoms with Crippen LogP contribution in [-0.4, -0.2) is 11.0 Å². The molecule has 0 fully saturated rings. The van der Waals surface area contributed by atoms with E-state index in [1.54, 1.807) is 12.1 Å². The van der Waals surface area contributed by atoms with Gasteiger partial charge in [0.1, 0.15) is 5.82 Å². The lowest BCUT2D eigenvalue weighted by molar-refractivity contribution is 0.0972.